The third-order valence-corrected chi connectivity index (χ3v) is 4.84. The standard InChI is InChI=1S/C20H27NO5/c1-14(19(22)21-16-7-4-2-3-5-8-16)26-20(23)15-9-10-17-18(13-15)25-12-6-11-24-17/h9-10,13-14,16H,2-8,11-12H2,1H3,(H,21,22)/t14-/m0/s1. The molecule has 0 radical (unpaired) electrons. The van der Waals surface area contributed by atoms with Crippen LogP contribution < -0.4 is 14.8 Å². The van der Waals surface area contributed by atoms with Crippen LogP contribution in [0.5, 0.6) is 11.5 Å². The van der Waals surface area contributed by atoms with E-state index in [0.29, 0.717) is 30.3 Å². The molecule has 1 N–H and O–H groups in total. The monoisotopic (exact) mass is 361 g/mol. The molecule has 6 nitrogen and oxygen atoms in total. The fourth-order valence-electron chi connectivity index (χ4n) is 3.31. The van der Waals surface area contributed by atoms with Crippen LogP contribution in [0, 0.1) is 0 Å². The van der Waals surface area contributed by atoms with Crippen LogP contribution in [0.3, 0.4) is 0 Å². The number of hydrogen-bond donors (Lipinski definition) is 1. The van der Waals surface area contributed by atoms with Crippen LogP contribution in [-0.4, -0.2) is 37.2 Å². The Hall–Kier alpha value is -2.24. The molecule has 1 atom stereocenters. The molecule has 1 saturated carbocycles. The van der Waals surface area contributed by atoms with E-state index in [2.05, 4.69) is 5.32 Å². The van der Waals surface area contributed by atoms with Gasteiger partial charge in [-0.1, -0.05) is 25.7 Å². The third-order valence-electron chi connectivity index (χ3n) is 4.84. The highest BCUT2D eigenvalue weighted by molar-refractivity contribution is 5.92. The van der Waals surface area contributed by atoms with Crippen molar-refractivity contribution in [1.29, 1.82) is 0 Å². The lowest BCUT2D eigenvalue weighted by Crippen LogP contribution is -2.41. The van der Waals surface area contributed by atoms with E-state index in [0.717, 1.165) is 32.1 Å². The predicted octanol–water partition coefficient (Wildman–Crippen LogP) is 3.23. The van der Waals surface area contributed by atoms with Crippen LogP contribution in [0.4, 0.5) is 0 Å². The molecule has 6 heteroatoms. The Balaban J connectivity index is 1.56. The topological polar surface area (TPSA) is 73.9 Å². The van der Waals surface area contributed by atoms with Gasteiger partial charge in [-0.25, -0.2) is 4.79 Å². The van der Waals surface area contributed by atoms with Crippen LogP contribution >= 0.6 is 0 Å². The summed E-state index contributed by atoms with van der Waals surface area (Å²) in [5, 5.41) is 3.01. The number of rotatable bonds is 4. The molecular formula is C20H27NO5. The molecule has 0 saturated heterocycles. The Morgan fingerprint density at radius 1 is 1.04 bits per heavy atom. The Labute approximate surface area is 154 Å². The highest BCUT2D eigenvalue weighted by atomic mass is 16.5. The zero-order chi connectivity index (χ0) is 18.4. The van der Waals surface area contributed by atoms with E-state index in [-0.39, 0.29) is 11.9 Å². The Morgan fingerprint density at radius 2 is 1.73 bits per heavy atom. The number of carbonyl (C=O) groups is 2. The highest BCUT2D eigenvalue weighted by Gasteiger charge is 2.23. The molecule has 0 spiro atoms. The minimum Gasteiger partial charge on any atom is -0.490 e. The van der Waals surface area contributed by atoms with Crippen LogP contribution in [0.2, 0.25) is 0 Å². The average molecular weight is 361 g/mol. The second-order valence-electron chi connectivity index (χ2n) is 6.96. The molecule has 1 aliphatic carbocycles. The third kappa shape index (κ3) is 4.90. The minimum atomic E-state index is -0.832. The summed E-state index contributed by atoms with van der Waals surface area (Å²) in [4.78, 5) is 24.7. The van der Waals surface area contributed by atoms with Gasteiger partial charge in [0.15, 0.2) is 17.6 Å². The van der Waals surface area contributed by atoms with Gasteiger partial charge in [0, 0.05) is 12.5 Å². The first-order valence-electron chi connectivity index (χ1n) is 9.54. The van der Waals surface area contributed by atoms with Gasteiger partial charge in [-0.2, -0.15) is 0 Å². The van der Waals surface area contributed by atoms with Gasteiger partial charge in [-0.15, -0.1) is 0 Å². The maximum absolute atomic E-state index is 12.4. The molecule has 1 aliphatic heterocycles. The highest BCUT2D eigenvalue weighted by Crippen LogP contribution is 2.30. The molecule has 1 aromatic carbocycles. The maximum Gasteiger partial charge on any atom is 0.339 e. The molecule has 0 bridgehead atoms. The number of amides is 1. The van der Waals surface area contributed by atoms with Crippen molar-refractivity contribution in [2.45, 2.75) is 64.0 Å². The number of esters is 1. The average Bonchev–Trinajstić information content (AvgIpc) is 3.03. The smallest absolute Gasteiger partial charge is 0.339 e. The first kappa shape index (κ1) is 18.5. The molecule has 3 rings (SSSR count). The largest absolute Gasteiger partial charge is 0.490 e. The number of nitrogens with one attached hydrogen (secondary N) is 1. The fraction of sp³-hybridized carbons (Fsp3) is 0.600. The summed E-state index contributed by atoms with van der Waals surface area (Å²) in [5.74, 6) is 0.384. The summed E-state index contributed by atoms with van der Waals surface area (Å²) in [6, 6.07) is 5.13. The van der Waals surface area contributed by atoms with Crippen LogP contribution in [0.15, 0.2) is 18.2 Å². The number of carbonyl (C=O) groups excluding carboxylic acids is 2. The van der Waals surface area contributed by atoms with Crippen molar-refractivity contribution < 1.29 is 23.8 Å². The van der Waals surface area contributed by atoms with E-state index in [1.807, 2.05) is 0 Å². The van der Waals surface area contributed by atoms with Crippen molar-refractivity contribution in [3.05, 3.63) is 23.8 Å². The SMILES string of the molecule is C[C@H](OC(=O)c1ccc2c(c1)OCCCO2)C(=O)NC1CCCCCC1. The van der Waals surface area contributed by atoms with Gasteiger partial charge in [0.1, 0.15) is 0 Å². The van der Waals surface area contributed by atoms with Crippen molar-refractivity contribution in [2.24, 2.45) is 0 Å². The van der Waals surface area contributed by atoms with Crippen molar-refractivity contribution in [3.8, 4) is 11.5 Å². The molecule has 1 heterocycles. The maximum atomic E-state index is 12.4. The molecule has 0 aromatic heterocycles. The normalized spacial score (nSPS) is 19.0. The van der Waals surface area contributed by atoms with Crippen molar-refractivity contribution in [1.82, 2.24) is 5.32 Å². The molecule has 2 aliphatic rings. The van der Waals surface area contributed by atoms with E-state index in [1.54, 1.807) is 25.1 Å². The Morgan fingerprint density at radius 3 is 2.46 bits per heavy atom. The van der Waals surface area contributed by atoms with Gasteiger partial charge in [0.05, 0.1) is 18.8 Å². The minimum absolute atomic E-state index is 0.184. The van der Waals surface area contributed by atoms with Crippen LogP contribution in [-0.2, 0) is 9.53 Å². The number of ether oxygens (including phenoxy) is 3. The van der Waals surface area contributed by atoms with E-state index >= 15 is 0 Å². The number of fused-ring (bicyclic) bond motifs is 1. The molecular weight excluding hydrogens is 334 g/mol. The predicted molar refractivity (Wildman–Crippen MR) is 96.6 cm³/mol. The van der Waals surface area contributed by atoms with Crippen LogP contribution in [0.25, 0.3) is 0 Å². The summed E-state index contributed by atoms with van der Waals surface area (Å²) in [6.45, 7) is 2.74. The zero-order valence-corrected chi connectivity index (χ0v) is 15.3. The van der Waals surface area contributed by atoms with Gasteiger partial charge >= 0.3 is 5.97 Å². The van der Waals surface area contributed by atoms with E-state index in [9.17, 15) is 9.59 Å². The van der Waals surface area contributed by atoms with Gasteiger partial charge in [-0.3, -0.25) is 4.79 Å². The van der Waals surface area contributed by atoms with Gasteiger partial charge in [0.2, 0.25) is 0 Å². The summed E-state index contributed by atoms with van der Waals surface area (Å²) in [7, 11) is 0. The lowest BCUT2D eigenvalue weighted by Gasteiger charge is -2.19. The fourth-order valence-corrected chi connectivity index (χ4v) is 3.31. The number of hydrogen-bond acceptors (Lipinski definition) is 5. The van der Waals surface area contributed by atoms with E-state index in [4.69, 9.17) is 14.2 Å². The summed E-state index contributed by atoms with van der Waals surface area (Å²) < 4.78 is 16.5. The second-order valence-corrected chi connectivity index (χ2v) is 6.96. The van der Waals surface area contributed by atoms with Gasteiger partial charge in [0.25, 0.3) is 5.91 Å². The van der Waals surface area contributed by atoms with Crippen LogP contribution in [0.1, 0.15) is 62.2 Å². The van der Waals surface area contributed by atoms with Gasteiger partial charge in [-0.05, 0) is 38.0 Å². The van der Waals surface area contributed by atoms with Gasteiger partial charge < -0.3 is 19.5 Å². The Bertz CT molecular complexity index is 637. The Kier molecular flexibility index (Phi) is 6.36. The summed E-state index contributed by atoms with van der Waals surface area (Å²) in [5.41, 5.74) is 0.350. The molecule has 1 amide bonds. The number of benzene rings is 1. The molecule has 1 fully saturated rings. The van der Waals surface area contributed by atoms with E-state index in [1.165, 1.54) is 12.8 Å². The first-order valence-corrected chi connectivity index (χ1v) is 9.54. The summed E-state index contributed by atoms with van der Waals surface area (Å²) >= 11 is 0. The molecule has 1 aromatic rings. The lowest BCUT2D eigenvalue weighted by atomic mass is 10.1. The molecule has 26 heavy (non-hydrogen) atoms. The van der Waals surface area contributed by atoms with Crippen molar-refractivity contribution >= 4 is 11.9 Å². The van der Waals surface area contributed by atoms with Crippen molar-refractivity contribution in [3.63, 3.8) is 0 Å². The lowest BCUT2D eigenvalue weighted by molar-refractivity contribution is -0.129. The second kappa shape index (κ2) is 8.92. The van der Waals surface area contributed by atoms with E-state index < -0.39 is 12.1 Å². The molecule has 0 unspecified atom stereocenters. The molecule has 142 valence electrons. The first-order chi connectivity index (χ1) is 12.6. The zero-order valence-electron chi connectivity index (χ0n) is 15.3. The quantitative estimate of drug-likeness (QED) is 0.658. The summed E-state index contributed by atoms with van der Waals surface area (Å²) in [6.07, 6.45) is 6.67. The van der Waals surface area contributed by atoms with Crippen molar-refractivity contribution in [2.75, 3.05) is 13.2 Å².